The van der Waals surface area contributed by atoms with Crippen molar-refractivity contribution in [1.29, 1.82) is 0 Å². The molecule has 0 aromatic carbocycles. The van der Waals surface area contributed by atoms with Crippen molar-refractivity contribution in [2.24, 2.45) is 5.16 Å². The van der Waals surface area contributed by atoms with Crippen molar-refractivity contribution in [3.05, 3.63) is 12.7 Å². The Labute approximate surface area is 55.0 Å². The molecule has 0 radical (unpaired) electrons. The number of oxime groups is 1. The smallest absolute Gasteiger partial charge is 0.106 e. The maximum atomic E-state index is 4.77. The third-order valence-corrected chi connectivity index (χ3v) is 0.736. The van der Waals surface area contributed by atoms with Crippen molar-refractivity contribution in [3.63, 3.8) is 0 Å². The second-order valence-corrected chi connectivity index (χ2v) is 1.40. The van der Waals surface area contributed by atoms with Gasteiger partial charge in [0.1, 0.15) is 12.8 Å². The minimum absolute atomic E-state index is 0.442. The molecule has 0 heterocycles. The predicted molar refractivity (Wildman–Crippen MR) is 36.5 cm³/mol. The summed E-state index contributed by atoms with van der Waals surface area (Å²) in [7, 11) is 3.08. The van der Waals surface area contributed by atoms with Crippen LogP contribution in [0.2, 0.25) is 0 Å². The molecule has 0 aliphatic carbocycles. The Morgan fingerprint density at radius 1 is 1.67 bits per heavy atom. The van der Waals surface area contributed by atoms with E-state index < -0.39 is 0 Å². The number of rotatable bonds is 4. The summed E-state index contributed by atoms with van der Waals surface area (Å²) in [6.45, 7) is 3.95. The van der Waals surface area contributed by atoms with E-state index in [4.69, 9.17) is 4.74 Å². The third-order valence-electron chi connectivity index (χ3n) is 0.736. The van der Waals surface area contributed by atoms with Crippen LogP contribution < -0.4 is 0 Å². The molecule has 0 bridgehead atoms. The lowest BCUT2D eigenvalue weighted by Gasteiger charge is -1.95. The lowest BCUT2D eigenvalue weighted by atomic mass is 10.4. The first-order valence-electron chi connectivity index (χ1n) is 2.56. The van der Waals surface area contributed by atoms with Gasteiger partial charge in [-0.05, 0) is 6.08 Å². The zero-order chi connectivity index (χ0) is 7.11. The van der Waals surface area contributed by atoms with Crippen molar-refractivity contribution >= 4 is 5.71 Å². The van der Waals surface area contributed by atoms with Crippen LogP contribution in [0.4, 0.5) is 0 Å². The highest BCUT2D eigenvalue weighted by Gasteiger charge is 1.89. The number of nitrogens with zero attached hydrogens (tertiary/aromatic N) is 1. The van der Waals surface area contributed by atoms with E-state index in [9.17, 15) is 0 Å². The van der Waals surface area contributed by atoms with E-state index in [1.165, 1.54) is 7.11 Å². The molecule has 0 amide bonds. The monoisotopic (exact) mass is 129 g/mol. The van der Waals surface area contributed by atoms with Crippen LogP contribution in [0, 0.1) is 0 Å². The van der Waals surface area contributed by atoms with E-state index in [-0.39, 0.29) is 0 Å². The first kappa shape index (κ1) is 8.17. The van der Waals surface area contributed by atoms with Crippen LogP contribution in [-0.2, 0) is 9.57 Å². The Hall–Kier alpha value is -0.830. The highest BCUT2D eigenvalue weighted by atomic mass is 16.6. The van der Waals surface area contributed by atoms with Gasteiger partial charge in [-0.25, -0.2) is 0 Å². The maximum absolute atomic E-state index is 4.77. The van der Waals surface area contributed by atoms with Gasteiger partial charge in [-0.1, -0.05) is 11.7 Å². The summed E-state index contributed by atoms with van der Waals surface area (Å²) >= 11 is 0. The average molecular weight is 129 g/mol. The van der Waals surface area contributed by atoms with Crippen LogP contribution >= 0.6 is 0 Å². The Morgan fingerprint density at radius 3 is 2.67 bits per heavy atom. The molecule has 0 saturated carbocycles. The normalized spacial score (nSPS) is 11.1. The maximum Gasteiger partial charge on any atom is 0.106 e. The van der Waals surface area contributed by atoms with E-state index in [1.807, 2.05) is 0 Å². The van der Waals surface area contributed by atoms with Gasteiger partial charge in [-0.15, -0.1) is 0 Å². The Balaban J connectivity index is 3.66. The molecule has 0 unspecified atom stereocenters. The van der Waals surface area contributed by atoms with E-state index in [0.717, 1.165) is 0 Å². The van der Waals surface area contributed by atoms with Crippen molar-refractivity contribution < 1.29 is 9.57 Å². The summed E-state index contributed by atoms with van der Waals surface area (Å²) < 4.78 is 4.77. The molecular formula is C6H11NO2. The van der Waals surface area contributed by atoms with Gasteiger partial charge >= 0.3 is 0 Å². The minimum atomic E-state index is 0.442. The standard InChI is InChI=1S/C6H11NO2/c1-4-6(5-8-2)7-9-3/h4H,1,5H2,2-3H3/b7-6+. The van der Waals surface area contributed by atoms with E-state index >= 15 is 0 Å². The largest absolute Gasteiger partial charge is 0.399 e. The molecule has 9 heavy (non-hydrogen) atoms. The molecular weight excluding hydrogens is 118 g/mol. The zero-order valence-electron chi connectivity index (χ0n) is 5.76. The summed E-state index contributed by atoms with van der Waals surface area (Å²) in [5.41, 5.74) is 0.694. The first-order valence-corrected chi connectivity index (χ1v) is 2.56. The quantitative estimate of drug-likeness (QED) is 0.415. The summed E-state index contributed by atoms with van der Waals surface area (Å²) in [5.74, 6) is 0. The number of methoxy groups -OCH3 is 1. The van der Waals surface area contributed by atoms with Crippen molar-refractivity contribution in [1.82, 2.24) is 0 Å². The topological polar surface area (TPSA) is 30.8 Å². The van der Waals surface area contributed by atoms with Crippen molar-refractivity contribution in [2.45, 2.75) is 0 Å². The van der Waals surface area contributed by atoms with Gasteiger partial charge in [0.05, 0.1) is 6.61 Å². The highest BCUT2D eigenvalue weighted by molar-refractivity contribution is 5.95. The second kappa shape index (κ2) is 5.31. The molecule has 3 nitrogen and oxygen atoms in total. The number of ether oxygens (including phenoxy) is 1. The molecule has 3 heteroatoms. The Morgan fingerprint density at radius 2 is 2.33 bits per heavy atom. The molecule has 0 aromatic rings. The van der Waals surface area contributed by atoms with Crippen LogP contribution in [0.25, 0.3) is 0 Å². The Bertz CT molecular complexity index is 110. The first-order chi connectivity index (χ1) is 4.35. The van der Waals surface area contributed by atoms with Gasteiger partial charge in [0, 0.05) is 7.11 Å². The predicted octanol–water partition coefficient (Wildman–Crippen LogP) is 0.821. The molecule has 0 aliphatic heterocycles. The molecule has 0 saturated heterocycles. The van der Waals surface area contributed by atoms with Crippen molar-refractivity contribution in [3.8, 4) is 0 Å². The highest BCUT2D eigenvalue weighted by Crippen LogP contribution is 1.81. The molecule has 0 spiro atoms. The Kier molecular flexibility index (Phi) is 4.82. The summed E-state index contributed by atoms with van der Waals surface area (Å²) in [4.78, 5) is 4.48. The molecule has 0 aliphatic rings. The van der Waals surface area contributed by atoms with E-state index in [0.29, 0.717) is 12.3 Å². The van der Waals surface area contributed by atoms with E-state index in [2.05, 4.69) is 16.6 Å². The lowest BCUT2D eigenvalue weighted by Crippen LogP contribution is -2.02. The van der Waals surface area contributed by atoms with Crippen LogP contribution in [0.1, 0.15) is 0 Å². The molecule has 0 atom stereocenters. The second-order valence-electron chi connectivity index (χ2n) is 1.40. The third kappa shape index (κ3) is 3.73. The van der Waals surface area contributed by atoms with Crippen molar-refractivity contribution in [2.75, 3.05) is 20.8 Å². The van der Waals surface area contributed by atoms with Gasteiger partial charge in [-0.3, -0.25) is 0 Å². The molecule has 0 rings (SSSR count). The van der Waals surface area contributed by atoms with Crippen LogP contribution in [0.15, 0.2) is 17.8 Å². The fourth-order valence-electron chi connectivity index (χ4n) is 0.388. The minimum Gasteiger partial charge on any atom is -0.399 e. The molecule has 52 valence electrons. The number of hydrogen-bond donors (Lipinski definition) is 0. The molecule has 0 aromatic heterocycles. The van der Waals surface area contributed by atoms with Gasteiger partial charge in [-0.2, -0.15) is 0 Å². The van der Waals surface area contributed by atoms with Gasteiger partial charge in [0.2, 0.25) is 0 Å². The zero-order valence-corrected chi connectivity index (χ0v) is 5.76. The molecule has 0 N–H and O–H groups in total. The summed E-state index contributed by atoms with van der Waals surface area (Å²) in [6.07, 6.45) is 1.59. The molecule has 0 fully saturated rings. The van der Waals surface area contributed by atoms with Crippen LogP contribution in [0.5, 0.6) is 0 Å². The summed E-state index contributed by atoms with van der Waals surface area (Å²) in [5, 5.41) is 3.61. The van der Waals surface area contributed by atoms with Gasteiger partial charge in [0.25, 0.3) is 0 Å². The lowest BCUT2D eigenvalue weighted by molar-refractivity contribution is 0.201. The van der Waals surface area contributed by atoms with Crippen LogP contribution in [-0.4, -0.2) is 26.5 Å². The fraction of sp³-hybridized carbons (Fsp3) is 0.500. The van der Waals surface area contributed by atoms with Gasteiger partial charge in [0.15, 0.2) is 0 Å². The summed E-state index contributed by atoms with van der Waals surface area (Å²) in [6, 6.07) is 0. The van der Waals surface area contributed by atoms with Crippen LogP contribution in [0.3, 0.4) is 0 Å². The van der Waals surface area contributed by atoms with Gasteiger partial charge < -0.3 is 9.57 Å². The number of hydrogen-bond acceptors (Lipinski definition) is 3. The van der Waals surface area contributed by atoms with E-state index in [1.54, 1.807) is 13.2 Å². The average Bonchev–Trinajstić information content (AvgIpc) is 1.88. The fourth-order valence-corrected chi connectivity index (χ4v) is 0.388. The SMILES string of the molecule is C=C/C(COC)=N\OC.